The highest BCUT2D eigenvalue weighted by molar-refractivity contribution is 9.10. The minimum absolute atomic E-state index is 0.241. The van der Waals surface area contributed by atoms with Crippen LogP contribution in [0.25, 0.3) is 0 Å². The summed E-state index contributed by atoms with van der Waals surface area (Å²) >= 11 is 6.68. The Morgan fingerprint density at radius 2 is 0.964 bits per heavy atom. The van der Waals surface area contributed by atoms with Crippen molar-refractivity contribution in [2.45, 2.75) is 25.0 Å². The fourth-order valence-corrected chi connectivity index (χ4v) is 4.41. The standard InChI is InChI=1S/C18H20Br2O6S2/c1-27(21,22)25-17(13-3-7-15(19)8-4-13)11-12-18(26-28(2,23)24)14-5-9-16(20)10-6-14/h3-10,17-18H,11-12H2,1-2H3/t17-,18-/m1/s1. The topological polar surface area (TPSA) is 86.7 Å². The highest BCUT2D eigenvalue weighted by Gasteiger charge is 2.23. The summed E-state index contributed by atoms with van der Waals surface area (Å²) in [5.74, 6) is 0. The number of benzene rings is 2. The van der Waals surface area contributed by atoms with Crippen LogP contribution in [-0.2, 0) is 28.6 Å². The molecule has 6 nitrogen and oxygen atoms in total. The van der Waals surface area contributed by atoms with Crippen molar-refractivity contribution in [3.63, 3.8) is 0 Å². The fraction of sp³-hybridized carbons (Fsp3) is 0.333. The van der Waals surface area contributed by atoms with Crippen LogP contribution >= 0.6 is 31.9 Å². The van der Waals surface area contributed by atoms with Gasteiger partial charge in [-0.2, -0.15) is 16.8 Å². The Morgan fingerprint density at radius 1 is 0.679 bits per heavy atom. The van der Waals surface area contributed by atoms with Crippen molar-refractivity contribution in [3.05, 3.63) is 68.6 Å². The van der Waals surface area contributed by atoms with E-state index in [1.165, 1.54) is 0 Å². The Morgan fingerprint density at radius 3 is 1.21 bits per heavy atom. The Hall–Kier alpha value is -0.780. The molecule has 0 fully saturated rings. The van der Waals surface area contributed by atoms with Gasteiger partial charge in [-0.1, -0.05) is 56.1 Å². The van der Waals surface area contributed by atoms with Gasteiger partial charge < -0.3 is 0 Å². The molecule has 0 N–H and O–H groups in total. The van der Waals surface area contributed by atoms with Crippen LogP contribution in [0.2, 0.25) is 0 Å². The van der Waals surface area contributed by atoms with Gasteiger partial charge in [0.05, 0.1) is 12.5 Å². The second kappa shape index (κ2) is 9.82. The van der Waals surface area contributed by atoms with E-state index in [9.17, 15) is 16.8 Å². The van der Waals surface area contributed by atoms with Gasteiger partial charge in [0.25, 0.3) is 20.2 Å². The minimum atomic E-state index is -3.71. The molecule has 10 heteroatoms. The molecule has 0 amide bonds. The lowest BCUT2D eigenvalue weighted by molar-refractivity contribution is 0.152. The van der Waals surface area contributed by atoms with Crippen LogP contribution in [0.3, 0.4) is 0 Å². The first kappa shape index (κ1) is 23.5. The third-order valence-corrected chi connectivity index (χ3v) is 5.98. The summed E-state index contributed by atoms with van der Waals surface area (Å²) in [4.78, 5) is 0. The van der Waals surface area contributed by atoms with Crippen LogP contribution in [0.4, 0.5) is 0 Å². The van der Waals surface area contributed by atoms with Crippen LogP contribution in [0.1, 0.15) is 36.2 Å². The average Bonchev–Trinajstić information content (AvgIpc) is 2.57. The lowest BCUT2D eigenvalue weighted by atomic mass is 9.99. The van der Waals surface area contributed by atoms with Crippen molar-refractivity contribution in [1.29, 1.82) is 0 Å². The molecule has 0 saturated heterocycles. The predicted octanol–water partition coefficient (Wildman–Crippen LogP) is 4.73. The third-order valence-electron chi connectivity index (χ3n) is 3.76. The van der Waals surface area contributed by atoms with Gasteiger partial charge in [-0.25, -0.2) is 0 Å². The van der Waals surface area contributed by atoms with Crippen LogP contribution in [-0.4, -0.2) is 29.3 Å². The molecule has 2 rings (SSSR count). The van der Waals surface area contributed by atoms with Crippen LogP contribution in [0.15, 0.2) is 57.5 Å². The molecule has 0 aliphatic heterocycles. The highest BCUT2D eigenvalue weighted by atomic mass is 79.9. The van der Waals surface area contributed by atoms with E-state index < -0.39 is 32.4 Å². The SMILES string of the molecule is CS(=O)(=O)O[C@H](CC[C@@H](OS(C)(=O)=O)c1ccc(Br)cc1)c1ccc(Br)cc1. The van der Waals surface area contributed by atoms with Crippen LogP contribution in [0.5, 0.6) is 0 Å². The maximum Gasteiger partial charge on any atom is 0.264 e. The number of hydrogen-bond acceptors (Lipinski definition) is 6. The molecular formula is C18H20Br2O6S2. The molecule has 0 bridgehead atoms. The largest absolute Gasteiger partial charge is 0.264 e. The molecule has 28 heavy (non-hydrogen) atoms. The zero-order chi connectivity index (χ0) is 20.9. The first-order valence-electron chi connectivity index (χ1n) is 8.20. The van der Waals surface area contributed by atoms with E-state index in [1.807, 2.05) is 0 Å². The number of hydrogen-bond donors (Lipinski definition) is 0. The Balaban J connectivity index is 2.26. The summed E-state index contributed by atoms with van der Waals surface area (Å²) < 4.78 is 59.0. The maximum absolute atomic E-state index is 11.7. The smallest absolute Gasteiger partial charge is 0.262 e. The van der Waals surface area contributed by atoms with Crippen molar-refractivity contribution in [3.8, 4) is 0 Å². The van der Waals surface area contributed by atoms with E-state index in [2.05, 4.69) is 31.9 Å². The predicted molar refractivity (Wildman–Crippen MR) is 115 cm³/mol. The van der Waals surface area contributed by atoms with Gasteiger partial charge >= 0.3 is 0 Å². The van der Waals surface area contributed by atoms with Gasteiger partial charge in [-0.3, -0.25) is 8.37 Å². The molecule has 2 aromatic carbocycles. The van der Waals surface area contributed by atoms with Crippen LogP contribution in [0, 0.1) is 0 Å². The van der Waals surface area contributed by atoms with Gasteiger partial charge in [-0.05, 0) is 48.2 Å². The van der Waals surface area contributed by atoms with Gasteiger partial charge in [0.15, 0.2) is 0 Å². The van der Waals surface area contributed by atoms with E-state index in [-0.39, 0.29) is 12.8 Å². The lowest BCUT2D eigenvalue weighted by Gasteiger charge is -2.21. The normalized spacial score (nSPS) is 14.6. The fourth-order valence-electron chi connectivity index (χ4n) is 2.62. The monoisotopic (exact) mass is 554 g/mol. The lowest BCUT2D eigenvalue weighted by Crippen LogP contribution is -2.15. The summed E-state index contributed by atoms with van der Waals surface area (Å²) in [6, 6.07) is 14.2. The molecule has 0 aliphatic carbocycles. The minimum Gasteiger partial charge on any atom is -0.262 e. The quantitative estimate of drug-likeness (QED) is 0.416. The zero-order valence-corrected chi connectivity index (χ0v) is 20.0. The molecule has 2 aromatic rings. The Bertz CT molecular complexity index is 904. The van der Waals surface area contributed by atoms with Crippen molar-refractivity contribution >= 4 is 52.1 Å². The first-order chi connectivity index (χ1) is 12.9. The van der Waals surface area contributed by atoms with Crippen molar-refractivity contribution < 1.29 is 25.2 Å². The molecule has 0 aromatic heterocycles. The van der Waals surface area contributed by atoms with Crippen molar-refractivity contribution in [1.82, 2.24) is 0 Å². The summed E-state index contributed by atoms with van der Waals surface area (Å²) in [6.45, 7) is 0. The molecule has 2 atom stereocenters. The molecule has 0 saturated carbocycles. The van der Waals surface area contributed by atoms with E-state index in [1.54, 1.807) is 48.5 Å². The van der Waals surface area contributed by atoms with E-state index >= 15 is 0 Å². The summed E-state index contributed by atoms with van der Waals surface area (Å²) in [5.41, 5.74) is 1.34. The Kier molecular flexibility index (Phi) is 8.24. The molecule has 0 heterocycles. The highest BCUT2D eigenvalue weighted by Crippen LogP contribution is 2.32. The van der Waals surface area contributed by atoms with Gasteiger partial charge in [-0.15, -0.1) is 0 Å². The summed E-state index contributed by atoms with van der Waals surface area (Å²) in [7, 11) is -7.42. The number of halogens is 2. The summed E-state index contributed by atoms with van der Waals surface area (Å²) in [5, 5.41) is 0. The van der Waals surface area contributed by atoms with E-state index in [0.717, 1.165) is 21.5 Å². The summed E-state index contributed by atoms with van der Waals surface area (Å²) in [6.07, 6.45) is 0.930. The molecule has 0 unspecified atom stereocenters. The number of rotatable bonds is 9. The van der Waals surface area contributed by atoms with Crippen molar-refractivity contribution in [2.24, 2.45) is 0 Å². The van der Waals surface area contributed by atoms with E-state index in [0.29, 0.717) is 11.1 Å². The molecular weight excluding hydrogens is 536 g/mol. The van der Waals surface area contributed by atoms with Gasteiger partial charge in [0.1, 0.15) is 12.2 Å². The van der Waals surface area contributed by atoms with E-state index in [4.69, 9.17) is 8.37 Å². The van der Waals surface area contributed by atoms with Crippen molar-refractivity contribution in [2.75, 3.05) is 12.5 Å². The van der Waals surface area contributed by atoms with Gasteiger partial charge in [0, 0.05) is 8.95 Å². The molecule has 0 radical (unpaired) electrons. The second-order valence-electron chi connectivity index (χ2n) is 6.26. The molecule has 0 spiro atoms. The second-order valence-corrected chi connectivity index (χ2v) is 11.3. The first-order valence-corrected chi connectivity index (χ1v) is 13.4. The third kappa shape index (κ3) is 8.30. The average molecular weight is 556 g/mol. The maximum atomic E-state index is 11.7. The molecule has 0 aliphatic rings. The zero-order valence-electron chi connectivity index (χ0n) is 15.2. The van der Waals surface area contributed by atoms with Gasteiger partial charge in [0.2, 0.25) is 0 Å². The molecule has 154 valence electrons. The Labute approximate surface area is 182 Å². The van der Waals surface area contributed by atoms with Crippen LogP contribution < -0.4 is 0 Å².